The van der Waals surface area contributed by atoms with Gasteiger partial charge < -0.3 is 15.1 Å². The number of halogens is 1. The molecule has 0 spiro atoms. The highest BCUT2D eigenvalue weighted by molar-refractivity contribution is 7.80. The van der Waals surface area contributed by atoms with Gasteiger partial charge in [0, 0.05) is 0 Å². The Morgan fingerprint density at radius 1 is 1.33 bits per heavy atom. The Morgan fingerprint density at radius 3 is 2.83 bits per heavy atom. The largest absolute Gasteiger partial charge is 0.467 e. The van der Waals surface area contributed by atoms with Gasteiger partial charge >= 0.3 is 0 Å². The lowest BCUT2D eigenvalue weighted by Crippen LogP contribution is -2.28. The van der Waals surface area contributed by atoms with Crippen molar-refractivity contribution in [2.24, 2.45) is 0 Å². The average Bonchev–Trinajstić information content (AvgIpc) is 2.84. The summed E-state index contributed by atoms with van der Waals surface area (Å²) in [5.74, 6) is 0.829. The highest BCUT2D eigenvalue weighted by Crippen LogP contribution is 2.24. The highest BCUT2D eigenvalue weighted by atomic mass is 35.5. The molecule has 2 N–H and O–H groups in total. The van der Waals surface area contributed by atoms with Gasteiger partial charge in [-0.2, -0.15) is 0 Å². The molecular weight excluding hydrogens is 268 g/mol. The molecule has 1 aromatic carbocycles. The minimum atomic E-state index is 0.516. The molecule has 1 aromatic heterocycles. The van der Waals surface area contributed by atoms with E-state index in [1.807, 2.05) is 37.3 Å². The number of hydrogen-bond acceptors (Lipinski definition) is 2. The minimum absolute atomic E-state index is 0.516. The zero-order valence-corrected chi connectivity index (χ0v) is 11.4. The number of para-hydroxylation sites is 1. The first-order chi connectivity index (χ1) is 8.66. The van der Waals surface area contributed by atoms with Crippen molar-refractivity contribution in [1.82, 2.24) is 5.32 Å². The van der Waals surface area contributed by atoms with Crippen LogP contribution >= 0.6 is 23.8 Å². The molecule has 0 atom stereocenters. The van der Waals surface area contributed by atoms with Crippen molar-refractivity contribution in [3.63, 3.8) is 0 Å². The Hall–Kier alpha value is -1.52. The third-order valence-electron chi connectivity index (χ3n) is 2.46. The van der Waals surface area contributed by atoms with Crippen molar-refractivity contribution in [3.8, 4) is 0 Å². The Kier molecular flexibility index (Phi) is 4.23. The summed E-state index contributed by atoms with van der Waals surface area (Å²) in [6, 6.07) is 9.43. The van der Waals surface area contributed by atoms with E-state index in [0.29, 0.717) is 16.7 Å². The zero-order chi connectivity index (χ0) is 13.0. The van der Waals surface area contributed by atoms with E-state index in [4.69, 9.17) is 28.2 Å². The van der Waals surface area contributed by atoms with E-state index in [0.717, 1.165) is 17.0 Å². The smallest absolute Gasteiger partial charge is 0.171 e. The number of nitrogens with one attached hydrogen (secondary N) is 2. The molecule has 0 saturated heterocycles. The molecule has 2 rings (SSSR count). The molecule has 0 aliphatic heterocycles. The lowest BCUT2D eigenvalue weighted by Gasteiger charge is -2.13. The lowest BCUT2D eigenvalue weighted by molar-refractivity contribution is 0.503. The second kappa shape index (κ2) is 5.89. The molecule has 18 heavy (non-hydrogen) atoms. The van der Waals surface area contributed by atoms with Gasteiger partial charge in [0.1, 0.15) is 5.76 Å². The number of benzene rings is 1. The number of thiocarbonyl (C=S) groups is 1. The van der Waals surface area contributed by atoms with Crippen LogP contribution in [0.3, 0.4) is 0 Å². The van der Waals surface area contributed by atoms with Gasteiger partial charge in [-0.1, -0.05) is 23.7 Å². The molecule has 1 heterocycles. The fraction of sp³-hybridized carbons (Fsp3) is 0.154. The first kappa shape index (κ1) is 12.9. The number of furan rings is 1. The van der Waals surface area contributed by atoms with Crippen molar-refractivity contribution in [3.05, 3.63) is 52.9 Å². The van der Waals surface area contributed by atoms with E-state index in [2.05, 4.69) is 10.6 Å². The summed E-state index contributed by atoms with van der Waals surface area (Å²) < 4.78 is 5.21. The van der Waals surface area contributed by atoms with Gasteiger partial charge in [0.2, 0.25) is 0 Å². The van der Waals surface area contributed by atoms with Crippen LogP contribution in [0.15, 0.2) is 41.0 Å². The maximum Gasteiger partial charge on any atom is 0.171 e. The first-order valence-corrected chi connectivity index (χ1v) is 6.28. The maximum atomic E-state index is 6.10. The van der Waals surface area contributed by atoms with Crippen molar-refractivity contribution in [2.75, 3.05) is 5.32 Å². The van der Waals surface area contributed by atoms with Crippen LogP contribution in [-0.4, -0.2) is 5.11 Å². The summed E-state index contributed by atoms with van der Waals surface area (Å²) in [4.78, 5) is 0. The second-order valence-electron chi connectivity index (χ2n) is 3.82. The predicted octanol–water partition coefficient (Wildman–Crippen LogP) is 3.73. The summed E-state index contributed by atoms with van der Waals surface area (Å²) >= 11 is 11.3. The van der Waals surface area contributed by atoms with Gasteiger partial charge in [-0.05, 0) is 42.9 Å². The van der Waals surface area contributed by atoms with E-state index in [1.165, 1.54) is 0 Å². The van der Waals surface area contributed by atoms with Crippen LogP contribution in [0.25, 0.3) is 0 Å². The fourth-order valence-corrected chi connectivity index (χ4v) is 1.97. The quantitative estimate of drug-likeness (QED) is 0.840. The maximum absolute atomic E-state index is 6.10. The van der Waals surface area contributed by atoms with Gasteiger partial charge in [-0.15, -0.1) is 0 Å². The summed E-state index contributed by atoms with van der Waals surface area (Å²) in [7, 11) is 0. The van der Waals surface area contributed by atoms with Crippen LogP contribution in [0.1, 0.15) is 11.3 Å². The molecule has 2 aromatic rings. The predicted molar refractivity (Wildman–Crippen MR) is 78.0 cm³/mol. The molecule has 0 amide bonds. The van der Waals surface area contributed by atoms with Crippen LogP contribution in [0, 0.1) is 6.92 Å². The Morgan fingerprint density at radius 2 is 2.17 bits per heavy atom. The summed E-state index contributed by atoms with van der Waals surface area (Å²) in [5, 5.41) is 7.31. The normalized spacial score (nSPS) is 10.1. The van der Waals surface area contributed by atoms with E-state index in [1.54, 1.807) is 6.26 Å². The van der Waals surface area contributed by atoms with E-state index < -0.39 is 0 Å². The van der Waals surface area contributed by atoms with Gasteiger partial charge in [0.25, 0.3) is 0 Å². The van der Waals surface area contributed by atoms with Crippen LogP contribution in [-0.2, 0) is 6.54 Å². The average molecular weight is 281 g/mol. The van der Waals surface area contributed by atoms with Gasteiger partial charge in [-0.3, -0.25) is 0 Å². The lowest BCUT2D eigenvalue weighted by atomic mass is 10.2. The third-order valence-corrected chi connectivity index (χ3v) is 3.03. The van der Waals surface area contributed by atoms with Crippen LogP contribution in [0.2, 0.25) is 5.02 Å². The SMILES string of the molecule is Cc1cccc(Cl)c1NC(=S)NCc1ccco1. The number of anilines is 1. The van der Waals surface area contributed by atoms with E-state index >= 15 is 0 Å². The summed E-state index contributed by atoms with van der Waals surface area (Å²) in [6.45, 7) is 2.52. The molecule has 0 bridgehead atoms. The Labute approximate surface area is 116 Å². The monoisotopic (exact) mass is 280 g/mol. The third kappa shape index (κ3) is 3.24. The van der Waals surface area contributed by atoms with Crippen molar-refractivity contribution in [2.45, 2.75) is 13.5 Å². The van der Waals surface area contributed by atoms with Gasteiger partial charge in [0.05, 0.1) is 23.5 Å². The van der Waals surface area contributed by atoms with Crippen LogP contribution in [0.5, 0.6) is 0 Å². The molecule has 0 unspecified atom stereocenters. The summed E-state index contributed by atoms with van der Waals surface area (Å²) in [5.41, 5.74) is 1.88. The van der Waals surface area contributed by atoms with E-state index in [9.17, 15) is 0 Å². The molecule has 0 aliphatic rings. The van der Waals surface area contributed by atoms with Crippen LogP contribution < -0.4 is 10.6 Å². The molecule has 94 valence electrons. The number of rotatable bonds is 3. The molecule has 0 fully saturated rings. The Bertz CT molecular complexity index is 520. The highest BCUT2D eigenvalue weighted by Gasteiger charge is 2.05. The van der Waals surface area contributed by atoms with Crippen LogP contribution in [0.4, 0.5) is 5.69 Å². The zero-order valence-electron chi connectivity index (χ0n) is 9.87. The van der Waals surface area contributed by atoms with Gasteiger partial charge in [0.15, 0.2) is 5.11 Å². The minimum Gasteiger partial charge on any atom is -0.467 e. The number of aryl methyl sites for hydroxylation is 1. The molecule has 5 heteroatoms. The molecule has 0 saturated carbocycles. The molecule has 0 radical (unpaired) electrons. The summed E-state index contributed by atoms with van der Waals surface area (Å²) in [6.07, 6.45) is 1.63. The standard InChI is InChI=1S/C13H13ClN2OS/c1-9-4-2-6-11(14)12(9)16-13(18)15-8-10-5-3-7-17-10/h2-7H,8H2,1H3,(H2,15,16,18). The fourth-order valence-electron chi connectivity index (χ4n) is 1.53. The molecular formula is C13H13ClN2OS. The van der Waals surface area contributed by atoms with Crippen molar-refractivity contribution < 1.29 is 4.42 Å². The second-order valence-corrected chi connectivity index (χ2v) is 4.63. The van der Waals surface area contributed by atoms with E-state index in [-0.39, 0.29) is 0 Å². The van der Waals surface area contributed by atoms with Crippen molar-refractivity contribution >= 4 is 34.6 Å². The molecule has 0 aliphatic carbocycles. The van der Waals surface area contributed by atoms with Gasteiger partial charge in [-0.25, -0.2) is 0 Å². The number of hydrogen-bond donors (Lipinski definition) is 2. The first-order valence-electron chi connectivity index (χ1n) is 5.49. The molecule has 3 nitrogen and oxygen atoms in total. The Balaban J connectivity index is 1.95. The topological polar surface area (TPSA) is 37.2 Å². The van der Waals surface area contributed by atoms with Crippen molar-refractivity contribution in [1.29, 1.82) is 0 Å².